The molecule has 2 aromatic carbocycles. The number of aliphatic hydroxyl groups is 1. The number of nitrogens with zero attached hydrogens (tertiary/aromatic N) is 3. The highest BCUT2D eigenvalue weighted by atomic mass is 35.5. The maximum Gasteiger partial charge on any atom is 0.138 e. The second-order valence-electron chi connectivity index (χ2n) is 5.20. The van der Waals surface area contributed by atoms with Crippen LogP contribution in [-0.2, 0) is 6.42 Å². The van der Waals surface area contributed by atoms with Gasteiger partial charge in [0, 0.05) is 11.2 Å². The number of hydrogen-bond donors (Lipinski definition) is 1. The Kier molecular flexibility index (Phi) is 4.86. The molecule has 5 heteroatoms. The standard InChI is InChI=1S/C18H16ClN3O/c19-17-8-6-14(7-9-17)10-16(11-22-13-20-12-21-22)18(23)15-4-2-1-3-5-15/h1-9,11-13,18,23H,10H2. The van der Waals surface area contributed by atoms with E-state index in [2.05, 4.69) is 10.1 Å². The number of halogens is 1. The summed E-state index contributed by atoms with van der Waals surface area (Å²) in [6.07, 6.45) is 4.74. The minimum Gasteiger partial charge on any atom is -0.384 e. The normalized spacial score (nSPS) is 13.0. The lowest BCUT2D eigenvalue weighted by atomic mass is 9.96. The predicted octanol–water partition coefficient (Wildman–Crippen LogP) is 3.75. The van der Waals surface area contributed by atoms with Crippen molar-refractivity contribution in [1.82, 2.24) is 14.8 Å². The van der Waals surface area contributed by atoms with Crippen LogP contribution in [0.3, 0.4) is 0 Å². The molecule has 0 amide bonds. The molecule has 4 nitrogen and oxygen atoms in total. The fourth-order valence-corrected chi connectivity index (χ4v) is 2.48. The zero-order valence-electron chi connectivity index (χ0n) is 12.4. The number of rotatable bonds is 5. The van der Waals surface area contributed by atoms with Crippen molar-refractivity contribution in [3.05, 3.63) is 89.0 Å². The Morgan fingerprint density at radius 2 is 1.87 bits per heavy atom. The first kappa shape index (κ1) is 15.5. The second-order valence-corrected chi connectivity index (χ2v) is 5.63. The van der Waals surface area contributed by atoms with E-state index in [0.717, 1.165) is 16.7 Å². The highest BCUT2D eigenvalue weighted by Crippen LogP contribution is 2.25. The molecule has 0 saturated heterocycles. The van der Waals surface area contributed by atoms with Crippen molar-refractivity contribution in [3.8, 4) is 0 Å². The maximum absolute atomic E-state index is 10.7. The highest BCUT2D eigenvalue weighted by molar-refractivity contribution is 6.30. The van der Waals surface area contributed by atoms with Crippen LogP contribution in [0.2, 0.25) is 5.02 Å². The Morgan fingerprint density at radius 1 is 1.13 bits per heavy atom. The van der Waals surface area contributed by atoms with Gasteiger partial charge in [0.1, 0.15) is 18.8 Å². The van der Waals surface area contributed by atoms with Crippen LogP contribution in [0.4, 0.5) is 0 Å². The highest BCUT2D eigenvalue weighted by Gasteiger charge is 2.14. The average Bonchev–Trinajstić information content (AvgIpc) is 3.09. The molecule has 0 aliphatic carbocycles. The van der Waals surface area contributed by atoms with Gasteiger partial charge in [0.25, 0.3) is 0 Å². The minimum absolute atomic E-state index is 0.590. The van der Waals surface area contributed by atoms with E-state index in [1.165, 1.54) is 6.33 Å². The van der Waals surface area contributed by atoms with Crippen LogP contribution in [0.15, 0.2) is 72.8 Å². The molecule has 1 unspecified atom stereocenters. The third kappa shape index (κ3) is 4.06. The molecule has 0 spiro atoms. The smallest absolute Gasteiger partial charge is 0.138 e. The lowest BCUT2D eigenvalue weighted by Gasteiger charge is -2.16. The molecule has 0 fully saturated rings. The van der Waals surface area contributed by atoms with E-state index in [-0.39, 0.29) is 0 Å². The van der Waals surface area contributed by atoms with E-state index >= 15 is 0 Å². The van der Waals surface area contributed by atoms with Gasteiger partial charge in [0.15, 0.2) is 0 Å². The summed E-state index contributed by atoms with van der Waals surface area (Å²) in [6.45, 7) is 0. The van der Waals surface area contributed by atoms with Crippen molar-refractivity contribution in [3.63, 3.8) is 0 Å². The molecule has 23 heavy (non-hydrogen) atoms. The molecule has 1 heterocycles. The second kappa shape index (κ2) is 7.22. The third-order valence-electron chi connectivity index (χ3n) is 3.52. The number of aromatic nitrogens is 3. The Labute approximate surface area is 139 Å². The van der Waals surface area contributed by atoms with Gasteiger partial charge >= 0.3 is 0 Å². The molecular formula is C18H16ClN3O. The summed E-state index contributed by atoms with van der Waals surface area (Å²) >= 11 is 5.94. The van der Waals surface area contributed by atoms with Gasteiger partial charge in [0.05, 0.1) is 0 Å². The summed E-state index contributed by atoms with van der Waals surface area (Å²) in [5.41, 5.74) is 2.73. The molecule has 1 aromatic heterocycles. The van der Waals surface area contributed by atoms with Crippen molar-refractivity contribution in [2.75, 3.05) is 0 Å². The van der Waals surface area contributed by atoms with Gasteiger partial charge in [-0.25, -0.2) is 9.67 Å². The van der Waals surface area contributed by atoms with E-state index in [9.17, 15) is 5.11 Å². The molecule has 0 saturated carbocycles. The zero-order chi connectivity index (χ0) is 16.1. The van der Waals surface area contributed by atoms with Gasteiger partial charge in [-0.2, -0.15) is 5.10 Å². The SMILES string of the molecule is OC(C(=Cn1cncn1)Cc1ccc(Cl)cc1)c1ccccc1. The average molecular weight is 326 g/mol. The lowest BCUT2D eigenvalue weighted by Crippen LogP contribution is -2.06. The third-order valence-corrected chi connectivity index (χ3v) is 3.77. The van der Waals surface area contributed by atoms with Gasteiger partial charge < -0.3 is 5.11 Å². The summed E-state index contributed by atoms with van der Waals surface area (Å²) in [4.78, 5) is 3.93. The Bertz CT molecular complexity index is 768. The van der Waals surface area contributed by atoms with Crippen LogP contribution in [0, 0.1) is 0 Å². The minimum atomic E-state index is -0.712. The molecular weight excluding hydrogens is 310 g/mol. The van der Waals surface area contributed by atoms with Crippen LogP contribution in [0.1, 0.15) is 17.2 Å². The van der Waals surface area contributed by atoms with Gasteiger partial charge in [-0.3, -0.25) is 0 Å². The van der Waals surface area contributed by atoms with E-state index < -0.39 is 6.10 Å². The van der Waals surface area contributed by atoms with E-state index in [1.54, 1.807) is 17.2 Å². The topological polar surface area (TPSA) is 50.9 Å². The van der Waals surface area contributed by atoms with E-state index in [0.29, 0.717) is 11.4 Å². The molecule has 3 rings (SSSR count). The van der Waals surface area contributed by atoms with Crippen LogP contribution in [0.25, 0.3) is 6.20 Å². The summed E-state index contributed by atoms with van der Waals surface area (Å²) in [5.74, 6) is 0. The van der Waals surface area contributed by atoms with Crippen molar-refractivity contribution in [1.29, 1.82) is 0 Å². The molecule has 1 atom stereocenters. The first-order chi connectivity index (χ1) is 11.2. The Balaban J connectivity index is 1.92. The van der Waals surface area contributed by atoms with Crippen LogP contribution in [0.5, 0.6) is 0 Å². The maximum atomic E-state index is 10.7. The van der Waals surface area contributed by atoms with E-state index in [4.69, 9.17) is 11.6 Å². The van der Waals surface area contributed by atoms with Gasteiger partial charge in [-0.15, -0.1) is 0 Å². The van der Waals surface area contributed by atoms with Crippen LogP contribution >= 0.6 is 11.6 Å². The van der Waals surface area contributed by atoms with Crippen molar-refractivity contribution < 1.29 is 5.11 Å². The molecule has 116 valence electrons. The number of hydrogen-bond acceptors (Lipinski definition) is 3. The summed E-state index contributed by atoms with van der Waals surface area (Å²) in [6, 6.07) is 17.2. The lowest BCUT2D eigenvalue weighted by molar-refractivity contribution is 0.213. The van der Waals surface area contributed by atoms with Gasteiger partial charge in [-0.1, -0.05) is 54.1 Å². The zero-order valence-corrected chi connectivity index (χ0v) is 13.1. The van der Waals surface area contributed by atoms with E-state index in [1.807, 2.05) is 54.6 Å². The van der Waals surface area contributed by atoms with Crippen LogP contribution < -0.4 is 0 Å². The molecule has 3 aromatic rings. The predicted molar refractivity (Wildman–Crippen MR) is 90.9 cm³/mol. The molecule has 1 N–H and O–H groups in total. The Hall–Kier alpha value is -2.43. The Morgan fingerprint density at radius 3 is 2.52 bits per heavy atom. The van der Waals surface area contributed by atoms with Crippen molar-refractivity contribution in [2.45, 2.75) is 12.5 Å². The molecule has 0 aliphatic rings. The fourth-order valence-electron chi connectivity index (χ4n) is 2.35. The summed E-state index contributed by atoms with van der Waals surface area (Å²) < 4.78 is 1.59. The van der Waals surface area contributed by atoms with Gasteiger partial charge in [0.2, 0.25) is 0 Å². The summed E-state index contributed by atoms with van der Waals surface area (Å²) in [7, 11) is 0. The molecule has 0 bridgehead atoms. The monoisotopic (exact) mass is 325 g/mol. The van der Waals surface area contributed by atoms with Crippen LogP contribution in [-0.4, -0.2) is 19.9 Å². The molecule has 0 radical (unpaired) electrons. The fraction of sp³-hybridized carbons (Fsp3) is 0.111. The first-order valence-corrected chi connectivity index (χ1v) is 7.62. The van der Waals surface area contributed by atoms with Crippen molar-refractivity contribution in [2.24, 2.45) is 0 Å². The quantitative estimate of drug-likeness (QED) is 0.777. The number of aliphatic hydroxyl groups excluding tert-OH is 1. The molecule has 0 aliphatic heterocycles. The van der Waals surface area contributed by atoms with Crippen molar-refractivity contribution >= 4 is 17.8 Å². The first-order valence-electron chi connectivity index (χ1n) is 7.24. The largest absolute Gasteiger partial charge is 0.384 e. The summed E-state index contributed by atoms with van der Waals surface area (Å²) in [5, 5.41) is 15.5. The number of benzene rings is 2. The van der Waals surface area contributed by atoms with Gasteiger partial charge in [-0.05, 0) is 35.3 Å².